The average Bonchev–Trinajstić information content (AvgIpc) is 2.54. The van der Waals surface area contributed by atoms with Crippen LogP contribution >= 0.6 is 0 Å². The molecule has 0 saturated carbocycles. The molecule has 1 N–H and O–H groups in total. The molecular formula is C21H42N2O5S. The third-order valence-corrected chi connectivity index (χ3v) is 6.98. The molecule has 0 unspecified atom stereocenters. The van der Waals surface area contributed by atoms with Gasteiger partial charge in [0.25, 0.3) is 0 Å². The summed E-state index contributed by atoms with van der Waals surface area (Å²) >= 11 is 0. The van der Waals surface area contributed by atoms with Crippen molar-refractivity contribution < 1.29 is 22.7 Å². The van der Waals surface area contributed by atoms with Gasteiger partial charge in [0.05, 0.1) is 12.4 Å². The quantitative estimate of drug-likeness (QED) is 0.562. The van der Waals surface area contributed by atoms with Crippen LogP contribution in [0, 0.1) is 11.3 Å². The Morgan fingerprint density at radius 1 is 1.14 bits per heavy atom. The van der Waals surface area contributed by atoms with E-state index in [1.54, 1.807) is 0 Å². The fourth-order valence-corrected chi connectivity index (χ4v) is 4.72. The van der Waals surface area contributed by atoms with Crippen LogP contribution in [0.1, 0.15) is 67.7 Å². The molecule has 0 aromatic carbocycles. The number of esters is 1. The van der Waals surface area contributed by atoms with Crippen LogP contribution in [-0.2, 0) is 24.3 Å². The average molecular weight is 435 g/mol. The van der Waals surface area contributed by atoms with Crippen molar-refractivity contribution in [3.63, 3.8) is 0 Å². The number of carbonyl (C=O) groups is 1. The van der Waals surface area contributed by atoms with Gasteiger partial charge in [-0.15, -0.1) is 0 Å². The SMILES string of the molecule is C[C@H](O[C@H](COC(=O)CC1CCNCC1)CN(C(C)(C)C)S(C)(=O)=O)C(C)(C)C. The largest absolute Gasteiger partial charge is 0.463 e. The molecule has 8 heteroatoms. The second kappa shape index (κ2) is 10.6. The van der Waals surface area contributed by atoms with E-state index < -0.39 is 21.7 Å². The first-order chi connectivity index (χ1) is 13.1. The monoisotopic (exact) mass is 434 g/mol. The fraction of sp³-hybridized carbons (Fsp3) is 0.952. The number of sulfonamides is 1. The van der Waals surface area contributed by atoms with Crippen LogP contribution in [0.15, 0.2) is 0 Å². The number of nitrogens with zero attached hydrogens (tertiary/aromatic N) is 1. The Morgan fingerprint density at radius 2 is 1.69 bits per heavy atom. The van der Waals surface area contributed by atoms with E-state index in [0.29, 0.717) is 12.3 Å². The minimum Gasteiger partial charge on any atom is -0.463 e. The van der Waals surface area contributed by atoms with Crippen LogP contribution in [0.2, 0.25) is 0 Å². The Labute approximate surface area is 177 Å². The first-order valence-corrected chi connectivity index (χ1v) is 12.4. The third-order valence-electron chi connectivity index (χ3n) is 5.48. The summed E-state index contributed by atoms with van der Waals surface area (Å²) in [4.78, 5) is 12.3. The van der Waals surface area contributed by atoms with Gasteiger partial charge in [0.1, 0.15) is 12.7 Å². The molecule has 0 aromatic heterocycles. The van der Waals surface area contributed by atoms with Crippen LogP contribution in [0.3, 0.4) is 0 Å². The van der Waals surface area contributed by atoms with Crippen molar-refractivity contribution in [1.29, 1.82) is 0 Å². The molecule has 1 fully saturated rings. The van der Waals surface area contributed by atoms with Crippen molar-refractivity contribution in [1.82, 2.24) is 9.62 Å². The zero-order chi connectivity index (χ0) is 22.5. The van der Waals surface area contributed by atoms with Gasteiger partial charge in [0.2, 0.25) is 10.0 Å². The summed E-state index contributed by atoms with van der Waals surface area (Å²) < 4.78 is 37.8. The highest BCUT2D eigenvalue weighted by Gasteiger charge is 2.34. The lowest BCUT2D eigenvalue weighted by Crippen LogP contribution is -2.51. The molecule has 1 rings (SSSR count). The molecule has 29 heavy (non-hydrogen) atoms. The number of piperidine rings is 1. The second-order valence-electron chi connectivity index (χ2n) is 10.3. The third kappa shape index (κ3) is 9.77. The van der Waals surface area contributed by atoms with E-state index in [4.69, 9.17) is 9.47 Å². The Balaban J connectivity index is 2.82. The number of hydrogen-bond acceptors (Lipinski definition) is 6. The molecule has 1 saturated heterocycles. The zero-order valence-electron chi connectivity index (χ0n) is 19.6. The number of nitrogens with one attached hydrogen (secondary N) is 1. The maximum absolute atomic E-state index is 12.4. The molecule has 0 amide bonds. The summed E-state index contributed by atoms with van der Waals surface area (Å²) in [6, 6.07) is 0. The van der Waals surface area contributed by atoms with Gasteiger partial charge in [-0.1, -0.05) is 20.8 Å². The van der Waals surface area contributed by atoms with Crippen molar-refractivity contribution in [2.75, 3.05) is 32.5 Å². The first-order valence-electron chi connectivity index (χ1n) is 10.6. The van der Waals surface area contributed by atoms with E-state index in [1.165, 1.54) is 10.6 Å². The molecule has 172 valence electrons. The van der Waals surface area contributed by atoms with Crippen LogP contribution in [0.25, 0.3) is 0 Å². The number of hydrogen-bond donors (Lipinski definition) is 1. The molecule has 0 aromatic rings. The van der Waals surface area contributed by atoms with E-state index in [-0.39, 0.29) is 30.6 Å². The van der Waals surface area contributed by atoms with Gasteiger partial charge in [-0.3, -0.25) is 4.79 Å². The van der Waals surface area contributed by atoms with Crippen molar-refractivity contribution in [3.8, 4) is 0 Å². The molecule has 7 nitrogen and oxygen atoms in total. The molecule has 2 atom stereocenters. The van der Waals surface area contributed by atoms with Crippen molar-refractivity contribution in [2.45, 2.75) is 85.5 Å². The minimum atomic E-state index is -3.44. The van der Waals surface area contributed by atoms with E-state index in [9.17, 15) is 13.2 Å². The highest BCUT2D eigenvalue weighted by atomic mass is 32.2. The number of carbonyl (C=O) groups excluding carboxylic acids is 1. The van der Waals surface area contributed by atoms with Crippen molar-refractivity contribution in [3.05, 3.63) is 0 Å². The summed E-state index contributed by atoms with van der Waals surface area (Å²) in [6.45, 7) is 15.8. The predicted octanol–water partition coefficient (Wildman–Crippen LogP) is 2.80. The van der Waals surface area contributed by atoms with Gasteiger partial charge in [-0.2, -0.15) is 4.31 Å². The summed E-state index contributed by atoms with van der Waals surface area (Å²) in [5.41, 5.74) is -0.714. The van der Waals surface area contributed by atoms with E-state index in [2.05, 4.69) is 26.1 Å². The van der Waals surface area contributed by atoms with Gasteiger partial charge < -0.3 is 14.8 Å². The molecule has 0 spiro atoms. The maximum atomic E-state index is 12.4. The van der Waals surface area contributed by atoms with Gasteiger partial charge >= 0.3 is 5.97 Å². The summed E-state index contributed by atoms with van der Waals surface area (Å²) in [5, 5.41) is 3.29. The summed E-state index contributed by atoms with van der Waals surface area (Å²) in [7, 11) is -3.44. The Bertz CT molecular complexity index is 616. The zero-order valence-corrected chi connectivity index (χ0v) is 20.4. The molecule has 1 aliphatic rings. The fourth-order valence-electron chi connectivity index (χ4n) is 3.29. The van der Waals surface area contributed by atoms with Crippen molar-refractivity contribution in [2.24, 2.45) is 11.3 Å². The van der Waals surface area contributed by atoms with Gasteiger partial charge in [0, 0.05) is 18.5 Å². The Hall–Kier alpha value is -0.700. The van der Waals surface area contributed by atoms with Crippen LogP contribution in [0.5, 0.6) is 0 Å². The predicted molar refractivity (Wildman–Crippen MR) is 116 cm³/mol. The van der Waals surface area contributed by atoms with Crippen LogP contribution in [0.4, 0.5) is 0 Å². The lowest BCUT2D eigenvalue weighted by atomic mass is 9.90. The molecule has 1 heterocycles. The Morgan fingerprint density at radius 3 is 2.14 bits per heavy atom. The molecule has 0 bridgehead atoms. The smallest absolute Gasteiger partial charge is 0.306 e. The molecule has 0 aliphatic carbocycles. The lowest BCUT2D eigenvalue weighted by molar-refractivity contribution is -0.153. The molecule has 1 aliphatic heterocycles. The highest BCUT2D eigenvalue weighted by molar-refractivity contribution is 7.88. The lowest BCUT2D eigenvalue weighted by Gasteiger charge is -2.38. The maximum Gasteiger partial charge on any atom is 0.306 e. The topological polar surface area (TPSA) is 84.9 Å². The van der Waals surface area contributed by atoms with Crippen molar-refractivity contribution >= 4 is 16.0 Å². The van der Waals surface area contributed by atoms with E-state index in [1.807, 2.05) is 27.7 Å². The molecule has 0 radical (unpaired) electrons. The summed E-state index contributed by atoms with van der Waals surface area (Å²) in [5.74, 6) is 0.106. The van der Waals surface area contributed by atoms with Gasteiger partial charge in [-0.25, -0.2) is 8.42 Å². The Kier molecular flexibility index (Phi) is 9.58. The second-order valence-corrected chi connectivity index (χ2v) is 12.2. The highest BCUT2D eigenvalue weighted by Crippen LogP contribution is 2.25. The van der Waals surface area contributed by atoms with Gasteiger partial charge in [-0.05, 0) is 65.0 Å². The standard InChI is InChI=1S/C21H42N2O5S/c1-16(20(2,3)4)28-18(14-23(21(5,6)7)29(8,25)26)15-27-19(24)13-17-9-11-22-12-10-17/h16-18,22H,9-15H2,1-8H3/t16-,18-/m0/s1. The minimum absolute atomic E-state index is 0.0479. The summed E-state index contributed by atoms with van der Waals surface area (Å²) in [6.07, 6.45) is 2.89. The number of rotatable bonds is 9. The normalized spacial score (nSPS) is 19.2. The van der Waals surface area contributed by atoms with E-state index >= 15 is 0 Å². The number of ether oxygens (including phenoxy) is 2. The van der Waals surface area contributed by atoms with Crippen LogP contribution < -0.4 is 5.32 Å². The molecular weight excluding hydrogens is 392 g/mol. The van der Waals surface area contributed by atoms with Crippen LogP contribution in [-0.4, -0.2) is 68.9 Å². The van der Waals surface area contributed by atoms with E-state index in [0.717, 1.165) is 25.9 Å². The van der Waals surface area contributed by atoms with Gasteiger partial charge in [0.15, 0.2) is 0 Å². The first kappa shape index (κ1) is 26.3.